The van der Waals surface area contributed by atoms with E-state index in [2.05, 4.69) is 32.3 Å². The molecule has 0 unspecified atom stereocenters. The number of urea groups is 4. The van der Waals surface area contributed by atoms with Crippen molar-refractivity contribution >= 4 is 24.1 Å². The number of unbranched alkanes of at least 4 members (excludes halogenated alkanes) is 3. The molecule has 0 spiro atoms. The van der Waals surface area contributed by atoms with Crippen LogP contribution in [0.15, 0.2) is 0 Å². The van der Waals surface area contributed by atoms with E-state index in [1.807, 2.05) is 0 Å². The van der Waals surface area contributed by atoms with E-state index in [1.165, 1.54) is 24.1 Å². The van der Waals surface area contributed by atoms with Gasteiger partial charge in [-0.2, -0.15) is 0 Å². The maximum Gasteiger partial charge on any atom is 0.348 e. The van der Waals surface area contributed by atoms with Crippen LogP contribution in [0.5, 0.6) is 0 Å². The number of hydrogen-bond donors (Lipinski definition) is 6. The monoisotopic (exact) mass is 432 g/mol. The average Bonchev–Trinajstić information content (AvgIpc) is 2.61. The molecule has 0 fully saturated rings. The molecule has 0 aromatic carbocycles. The van der Waals surface area contributed by atoms with Crippen molar-refractivity contribution in [2.24, 2.45) is 0 Å². The fourth-order valence-electron chi connectivity index (χ4n) is 2.09. The molecule has 0 saturated carbocycles. The van der Waals surface area contributed by atoms with E-state index < -0.39 is 24.1 Å². The molecule has 0 aromatic rings. The molecule has 0 saturated heterocycles. The third-order valence-corrected chi connectivity index (χ3v) is 3.45. The molecule has 0 aliphatic rings. The molecule has 0 heterocycles. The Kier molecular flexibility index (Phi) is 13.4. The van der Waals surface area contributed by atoms with Gasteiger partial charge < -0.3 is 10.6 Å². The summed E-state index contributed by atoms with van der Waals surface area (Å²) in [5.74, 6) is 0. The lowest BCUT2D eigenvalue weighted by Crippen LogP contribution is -2.53. The number of nitrogens with one attached hydrogen (secondary N) is 6. The third kappa shape index (κ3) is 14.1. The van der Waals surface area contributed by atoms with Gasteiger partial charge in [0.15, 0.2) is 0 Å². The van der Waals surface area contributed by atoms with Crippen LogP contribution in [-0.4, -0.2) is 99.5 Å². The molecule has 0 aliphatic heterocycles. The van der Waals surface area contributed by atoms with Gasteiger partial charge in [-0.25, -0.2) is 50.1 Å². The molecular formula is C16H36N10O4. The Labute approximate surface area is 177 Å². The molecule has 30 heavy (non-hydrogen) atoms. The van der Waals surface area contributed by atoms with E-state index in [0.29, 0.717) is 13.1 Å². The standard InChI is InChI=1S/C16H36N10O4/c1-23(2)19-13(27)21-25(5)15(29)17-11-9-7-8-10-12-18-16(30)26(6)22-14(28)20-24(3)4/h7-12H2,1-6H3,(H,17,29)(H,18,30)(H2,19,21,27)(H2,20,22,28). The fraction of sp³-hybridized carbons (Fsp3) is 0.750. The highest BCUT2D eigenvalue weighted by molar-refractivity contribution is 5.80. The summed E-state index contributed by atoms with van der Waals surface area (Å²) >= 11 is 0. The van der Waals surface area contributed by atoms with Crippen LogP contribution in [0.1, 0.15) is 25.7 Å². The molecule has 8 amide bonds. The van der Waals surface area contributed by atoms with Crippen molar-refractivity contribution in [2.75, 3.05) is 55.4 Å². The lowest BCUT2D eigenvalue weighted by molar-refractivity contribution is 0.168. The zero-order valence-electron chi connectivity index (χ0n) is 18.7. The topological polar surface area (TPSA) is 153 Å². The lowest BCUT2D eigenvalue weighted by atomic mass is 10.2. The number of carbonyl (C=O) groups excluding carboxylic acids is 4. The second kappa shape index (κ2) is 14.9. The first kappa shape index (κ1) is 27.0. The van der Waals surface area contributed by atoms with Gasteiger partial charge in [-0.05, 0) is 12.8 Å². The van der Waals surface area contributed by atoms with Gasteiger partial charge in [-0.3, -0.25) is 10.9 Å². The van der Waals surface area contributed by atoms with E-state index in [4.69, 9.17) is 0 Å². The van der Waals surface area contributed by atoms with E-state index in [-0.39, 0.29) is 0 Å². The Morgan fingerprint density at radius 2 is 0.867 bits per heavy atom. The molecule has 0 aromatic heterocycles. The van der Waals surface area contributed by atoms with Crippen molar-refractivity contribution in [1.82, 2.24) is 52.4 Å². The molecule has 6 N–H and O–H groups in total. The third-order valence-electron chi connectivity index (χ3n) is 3.45. The molecular weight excluding hydrogens is 396 g/mol. The zero-order valence-corrected chi connectivity index (χ0v) is 18.7. The van der Waals surface area contributed by atoms with E-state index in [0.717, 1.165) is 35.7 Å². The first-order chi connectivity index (χ1) is 14.0. The van der Waals surface area contributed by atoms with Crippen molar-refractivity contribution in [3.63, 3.8) is 0 Å². The van der Waals surface area contributed by atoms with E-state index >= 15 is 0 Å². The highest BCUT2D eigenvalue weighted by atomic mass is 16.2. The Morgan fingerprint density at radius 1 is 0.533 bits per heavy atom. The smallest absolute Gasteiger partial charge is 0.337 e. The second-order valence-corrected chi connectivity index (χ2v) is 6.89. The van der Waals surface area contributed by atoms with Gasteiger partial charge in [0.25, 0.3) is 0 Å². The van der Waals surface area contributed by atoms with Crippen LogP contribution < -0.4 is 32.3 Å². The summed E-state index contributed by atoms with van der Waals surface area (Å²) in [7, 11) is 9.53. The molecule has 0 bridgehead atoms. The summed E-state index contributed by atoms with van der Waals surface area (Å²) in [4.78, 5) is 46.7. The zero-order chi connectivity index (χ0) is 23.1. The molecule has 0 aliphatic carbocycles. The van der Waals surface area contributed by atoms with Gasteiger partial charge in [0.1, 0.15) is 0 Å². The predicted octanol–water partition coefficient (Wildman–Crippen LogP) is -0.789. The lowest BCUT2D eigenvalue weighted by Gasteiger charge is -2.21. The Morgan fingerprint density at radius 3 is 1.17 bits per heavy atom. The number of carbonyl (C=O) groups is 4. The van der Waals surface area contributed by atoms with Crippen LogP contribution in [0.4, 0.5) is 19.2 Å². The van der Waals surface area contributed by atoms with E-state index in [1.54, 1.807) is 28.2 Å². The van der Waals surface area contributed by atoms with Crippen LogP contribution in [0.3, 0.4) is 0 Å². The van der Waals surface area contributed by atoms with Gasteiger partial charge in [0.2, 0.25) is 0 Å². The van der Waals surface area contributed by atoms with Crippen LogP contribution in [0.25, 0.3) is 0 Å². The molecule has 0 rings (SSSR count). The Balaban J connectivity index is 3.75. The highest BCUT2D eigenvalue weighted by Crippen LogP contribution is 1.98. The van der Waals surface area contributed by atoms with Crippen molar-refractivity contribution in [1.29, 1.82) is 0 Å². The summed E-state index contributed by atoms with van der Waals surface area (Å²) in [6.07, 6.45) is 3.27. The minimum atomic E-state index is -0.515. The summed E-state index contributed by atoms with van der Waals surface area (Å²) in [6, 6.07) is -1.85. The van der Waals surface area contributed by atoms with Crippen molar-refractivity contribution in [3.8, 4) is 0 Å². The van der Waals surface area contributed by atoms with Crippen LogP contribution in [0, 0.1) is 0 Å². The maximum absolute atomic E-state index is 11.8. The number of nitrogens with zero attached hydrogens (tertiary/aromatic N) is 4. The highest BCUT2D eigenvalue weighted by Gasteiger charge is 2.12. The number of rotatable bonds is 9. The van der Waals surface area contributed by atoms with Gasteiger partial charge in [0.05, 0.1) is 0 Å². The molecule has 14 nitrogen and oxygen atoms in total. The first-order valence-electron chi connectivity index (χ1n) is 9.55. The molecule has 0 radical (unpaired) electrons. The first-order valence-corrected chi connectivity index (χ1v) is 9.55. The maximum atomic E-state index is 11.8. The van der Waals surface area contributed by atoms with Crippen LogP contribution in [0.2, 0.25) is 0 Å². The van der Waals surface area contributed by atoms with Gasteiger partial charge >= 0.3 is 24.1 Å². The normalized spacial score (nSPS) is 10.3. The van der Waals surface area contributed by atoms with Gasteiger partial charge in [-0.1, -0.05) is 12.8 Å². The minimum Gasteiger partial charge on any atom is -0.337 e. The molecule has 14 heteroatoms. The Hall–Kier alpha value is -3.00. The molecule has 174 valence electrons. The summed E-state index contributed by atoms with van der Waals surface area (Å²) in [5, 5.41) is 10.5. The quantitative estimate of drug-likeness (QED) is 0.207. The average molecular weight is 433 g/mol. The predicted molar refractivity (Wildman–Crippen MR) is 112 cm³/mol. The van der Waals surface area contributed by atoms with E-state index in [9.17, 15) is 19.2 Å². The van der Waals surface area contributed by atoms with Crippen LogP contribution in [-0.2, 0) is 0 Å². The van der Waals surface area contributed by atoms with Crippen LogP contribution >= 0.6 is 0 Å². The van der Waals surface area contributed by atoms with Crippen molar-refractivity contribution < 1.29 is 19.2 Å². The van der Waals surface area contributed by atoms with Gasteiger partial charge in [0, 0.05) is 55.4 Å². The van der Waals surface area contributed by atoms with Gasteiger partial charge in [-0.15, -0.1) is 0 Å². The second-order valence-electron chi connectivity index (χ2n) is 6.89. The van der Waals surface area contributed by atoms with Crippen molar-refractivity contribution in [3.05, 3.63) is 0 Å². The molecule has 0 atom stereocenters. The number of hydrogen-bond acceptors (Lipinski definition) is 6. The summed E-state index contributed by atoms with van der Waals surface area (Å²) < 4.78 is 0. The fourth-order valence-corrected chi connectivity index (χ4v) is 2.09. The number of amides is 8. The Bertz CT molecular complexity index is 510. The summed E-state index contributed by atoms with van der Waals surface area (Å²) in [6.45, 7) is 0.945. The minimum absolute atomic E-state index is 0.412. The SMILES string of the molecule is CN(C)NC(=O)NN(C)C(=O)NCCCCCCNC(=O)N(C)NC(=O)NN(C)C. The summed E-state index contributed by atoms with van der Waals surface area (Å²) in [5.41, 5.74) is 9.66. The van der Waals surface area contributed by atoms with Crippen molar-refractivity contribution in [2.45, 2.75) is 25.7 Å². The largest absolute Gasteiger partial charge is 0.348 e. The number of hydrazine groups is 4.